The van der Waals surface area contributed by atoms with E-state index >= 15 is 0 Å². The Hall–Kier alpha value is -0.780. The van der Waals surface area contributed by atoms with Gasteiger partial charge in [-0.3, -0.25) is 0 Å². The van der Waals surface area contributed by atoms with E-state index in [1.165, 1.54) is 0 Å². The molecule has 2 heterocycles. The summed E-state index contributed by atoms with van der Waals surface area (Å²) in [6.45, 7) is 1.59. The predicted octanol–water partition coefficient (Wildman–Crippen LogP) is -0.0211. The van der Waals surface area contributed by atoms with Crippen molar-refractivity contribution in [1.29, 1.82) is 0 Å². The van der Waals surface area contributed by atoms with Crippen LogP contribution in [-0.2, 0) is 9.84 Å². The lowest BCUT2D eigenvalue weighted by atomic mass is 10.3. The minimum absolute atomic E-state index is 0.102. The minimum atomic E-state index is -2.90. The Kier molecular flexibility index (Phi) is 2.86. The number of hydrogen-bond acceptors (Lipinski definition) is 3. The van der Waals surface area contributed by atoms with Crippen LogP contribution in [0.25, 0.3) is 0 Å². The summed E-state index contributed by atoms with van der Waals surface area (Å²) in [7, 11) is -2.90. The van der Waals surface area contributed by atoms with Crippen LogP contribution in [0.3, 0.4) is 0 Å². The molecule has 2 fully saturated rings. The van der Waals surface area contributed by atoms with Gasteiger partial charge in [0, 0.05) is 19.1 Å². The number of likely N-dealkylation sites (tertiary alicyclic amines) is 1. The highest BCUT2D eigenvalue weighted by atomic mass is 32.2. The van der Waals surface area contributed by atoms with Crippen LogP contribution < -0.4 is 5.32 Å². The maximum Gasteiger partial charge on any atom is 0.317 e. The maximum atomic E-state index is 11.6. The van der Waals surface area contributed by atoms with E-state index in [-0.39, 0.29) is 23.6 Å². The molecule has 0 aromatic heterocycles. The highest BCUT2D eigenvalue weighted by molar-refractivity contribution is 7.91. The van der Waals surface area contributed by atoms with Gasteiger partial charge in [-0.05, 0) is 19.3 Å². The van der Waals surface area contributed by atoms with Crippen molar-refractivity contribution in [2.75, 3.05) is 24.6 Å². The third-order valence-corrected chi connectivity index (χ3v) is 4.72. The summed E-state index contributed by atoms with van der Waals surface area (Å²) < 4.78 is 22.4. The molecular weight excluding hydrogens is 216 g/mol. The van der Waals surface area contributed by atoms with Crippen molar-refractivity contribution in [3.05, 3.63) is 0 Å². The molecule has 1 atom stereocenters. The quantitative estimate of drug-likeness (QED) is 0.691. The number of urea groups is 1. The molecular formula is C9H16N2O3S. The van der Waals surface area contributed by atoms with Crippen molar-refractivity contribution in [3.63, 3.8) is 0 Å². The Morgan fingerprint density at radius 2 is 1.93 bits per heavy atom. The fourth-order valence-corrected chi connectivity index (χ4v) is 3.77. The van der Waals surface area contributed by atoms with Crippen molar-refractivity contribution >= 4 is 15.9 Å². The standard InChI is InChI=1S/C9H16N2O3S/c12-9(11-4-1-2-5-11)10-8-3-6-15(13,14)7-8/h8H,1-7H2,(H,10,12). The zero-order chi connectivity index (χ0) is 10.9. The van der Waals surface area contributed by atoms with Gasteiger partial charge in [-0.1, -0.05) is 0 Å². The number of rotatable bonds is 1. The Balaban J connectivity index is 1.85. The van der Waals surface area contributed by atoms with E-state index in [2.05, 4.69) is 5.32 Å². The van der Waals surface area contributed by atoms with E-state index in [4.69, 9.17) is 0 Å². The SMILES string of the molecule is O=C(NC1CCS(=O)(=O)C1)N1CCCC1. The zero-order valence-corrected chi connectivity index (χ0v) is 9.42. The average molecular weight is 232 g/mol. The van der Waals surface area contributed by atoms with E-state index in [1.807, 2.05) is 0 Å². The average Bonchev–Trinajstić information content (AvgIpc) is 2.74. The molecule has 0 radical (unpaired) electrons. The minimum Gasteiger partial charge on any atom is -0.334 e. The molecule has 2 aliphatic heterocycles. The Morgan fingerprint density at radius 3 is 2.47 bits per heavy atom. The normalized spacial score (nSPS) is 29.3. The first kappa shape index (κ1) is 10.7. The lowest BCUT2D eigenvalue weighted by Gasteiger charge is -2.19. The molecule has 2 amide bonds. The van der Waals surface area contributed by atoms with E-state index in [0.29, 0.717) is 6.42 Å². The number of amides is 2. The summed E-state index contributed by atoms with van der Waals surface area (Å²) in [4.78, 5) is 13.4. The molecule has 0 aromatic carbocycles. The highest BCUT2D eigenvalue weighted by Gasteiger charge is 2.30. The Morgan fingerprint density at radius 1 is 1.27 bits per heavy atom. The van der Waals surface area contributed by atoms with Crippen LogP contribution >= 0.6 is 0 Å². The van der Waals surface area contributed by atoms with E-state index in [9.17, 15) is 13.2 Å². The van der Waals surface area contributed by atoms with Crippen molar-refractivity contribution in [3.8, 4) is 0 Å². The summed E-state index contributed by atoms with van der Waals surface area (Å²) in [5.41, 5.74) is 0. The topological polar surface area (TPSA) is 66.5 Å². The van der Waals surface area contributed by atoms with Gasteiger partial charge in [0.2, 0.25) is 0 Å². The third-order valence-electron chi connectivity index (χ3n) is 2.95. The molecule has 0 spiro atoms. The lowest BCUT2D eigenvalue weighted by Crippen LogP contribution is -2.44. The number of nitrogens with zero attached hydrogens (tertiary/aromatic N) is 1. The molecule has 2 rings (SSSR count). The van der Waals surface area contributed by atoms with Gasteiger partial charge in [0.1, 0.15) is 0 Å². The number of carbonyl (C=O) groups excluding carboxylic acids is 1. The van der Waals surface area contributed by atoms with Gasteiger partial charge in [0.25, 0.3) is 0 Å². The third kappa shape index (κ3) is 2.62. The number of carbonyl (C=O) groups is 1. The molecule has 2 aliphatic rings. The molecule has 1 unspecified atom stereocenters. The molecule has 5 nitrogen and oxygen atoms in total. The highest BCUT2D eigenvalue weighted by Crippen LogP contribution is 2.13. The molecule has 2 saturated heterocycles. The van der Waals surface area contributed by atoms with Crippen molar-refractivity contribution in [2.45, 2.75) is 25.3 Å². The van der Waals surface area contributed by atoms with Gasteiger partial charge in [-0.2, -0.15) is 0 Å². The molecule has 0 aliphatic carbocycles. The van der Waals surface area contributed by atoms with Crippen molar-refractivity contribution < 1.29 is 13.2 Å². The van der Waals surface area contributed by atoms with Gasteiger partial charge >= 0.3 is 6.03 Å². The van der Waals surface area contributed by atoms with Crippen LogP contribution in [0.5, 0.6) is 0 Å². The molecule has 0 aromatic rings. The van der Waals surface area contributed by atoms with Gasteiger partial charge in [-0.15, -0.1) is 0 Å². The zero-order valence-electron chi connectivity index (χ0n) is 8.61. The monoisotopic (exact) mass is 232 g/mol. The van der Waals surface area contributed by atoms with Crippen LogP contribution in [0.2, 0.25) is 0 Å². The fraction of sp³-hybridized carbons (Fsp3) is 0.889. The van der Waals surface area contributed by atoms with E-state index in [0.717, 1.165) is 25.9 Å². The summed E-state index contributed by atoms with van der Waals surface area (Å²) >= 11 is 0. The van der Waals surface area contributed by atoms with Gasteiger partial charge in [-0.25, -0.2) is 13.2 Å². The number of hydrogen-bond donors (Lipinski definition) is 1. The van der Waals surface area contributed by atoms with Crippen LogP contribution in [-0.4, -0.2) is 50.0 Å². The van der Waals surface area contributed by atoms with Crippen molar-refractivity contribution in [1.82, 2.24) is 10.2 Å². The first-order valence-corrected chi connectivity index (χ1v) is 7.15. The van der Waals surface area contributed by atoms with Crippen LogP contribution in [0.4, 0.5) is 4.79 Å². The van der Waals surface area contributed by atoms with Gasteiger partial charge in [0.15, 0.2) is 9.84 Å². The maximum absolute atomic E-state index is 11.6. The molecule has 86 valence electrons. The summed E-state index contributed by atoms with van der Waals surface area (Å²) in [6.07, 6.45) is 2.66. The van der Waals surface area contributed by atoms with Crippen LogP contribution in [0.15, 0.2) is 0 Å². The van der Waals surface area contributed by atoms with Gasteiger partial charge < -0.3 is 10.2 Å². The summed E-state index contributed by atoms with van der Waals surface area (Å²) in [6, 6.07) is -0.280. The van der Waals surface area contributed by atoms with Crippen LogP contribution in [0.1, 0.15) is 19.3 Å². The molecule has 6 heteroatoms. The second-order valence-corrected chi connectivity index (χ2v) is 6.47. The smallest absolute Gasteiger partial charge is 0.317 e. The fourth-order valence-electron chi connectivity index (χ4n) is 2.09. The van der Waals surface area contributed by atoms with Gasteiger partial charge in [0.05, 0.1) is 11.5 Å². The Bertz CT molecular complexity index is 346. The largest absolute Gasteiger partial charge is 0.334 e. The van der Waals surface area contributed by atoms with Crippen LogP contribution in [0, 0.1) is 0 Å². The van der Waals surface area contributed by atoms with E-state index < -0.39 is 9.84 Å². The van der Waals surface area contributed by atoms with E-state index in [1.54, 1.807) is 4.90 Å². The second-order valence-electron chi connectivity index (χ2n) is 4.24. The summed E-state index contributed by atoms with van der Waals surface area (Å²) in [5.74, 6) is 0.310. The number of sulfone groups is 1. The molecule has 15 heavy (non-hydrogen) atoms. The Labute approximate surface area is 89.7 Å². The second kappa shape index (κ2) is 4.00. The molecule has 0 saturated carbocycles. The molecule has 0 bridgehead atoms. The summed E-state index contributed by atoms with van der Waals surface area (Å²) in [5, 5.41) is 2.78. The first-order valence-electron chi connectivity index (χ1n) is 5.33. The van der Waals surface area contributed by atoms with Crippen molar-refractivity contribution in [2.24, 2.45) is 0 Å². The molecule has 1 N–H and O–H groups in total. The lowest BCUT2D eigenvalue weighted by molar-refractivity contribution is 0.205. The first-order chi connectivity index (χ1) is 7.07. The number of nitrogens with one attached hydrogen (secondary N) is 1. The predicted molar refractivity (Wildman–Crippen MR) is 56.4 cm³/mol.